The molecule has 0 spiro atoms. The van der Waals surface area contributed by atoms with Crippen LogP contribution in [0.2, 0.25) is 0 Å². The first kappa shape index (κ1) is 16.1. The molecule has 1 aliphatic carbocycles. The van der Waals surface area contributed by atoms with Crippen molar-refractivity contribution in [2.75, 3.05) is 6.54 Å². The van der Waals surface area contributed by atoms with E-state index in [9.17, 15) is 0 Å². The van der Waals surface area contributed by atoms with Gasteiger partial charge in [0.15, 0.2) is 11.5 Å². The van der Waals surface area contributed by atoms with Crippen molar-refractivity contribution >= 4 is 16.7 Å². The third-order valence-corrected chi connectivity index (χ3v) is 4.99. The van der Waals surface area contributed by atoms with Gasteiger partial charge in [-0.05, 0) is 54.9 Å². The summed E-state index contributed by atoms with van der Waals surface area (Å²) in [5.41, 5.74) is 13.0. The van der Waals surface area contributed by atoms with E-state index in [1.807, 2.05) is 0 Å². The number of fused-ring (bicyclic) bond motifs is 3. The standard InChI is InChI=1S/C22H24N2O/c23-15-14-18-11-10-17-12-13-19-22(21(17)18)25-20(24-19)9-5-4-8-16-6-2-1-3-7-16/h1-3,6-7,12-14H,4-5,8-11,15,23H2/b18-14+. The lowest BCUT2D eigenvalue weighted by Gasteiger charge is -2.01. The van der Waals surface area contributed by atoms with E-state index in [-0.39, 0.29) is 0 Å². The molecule has 2 aromatic carbocycles. The van der Waals surface area contributed by atoms with Gasteiger partial charge in [-0.2, -0.15) is 0 Å². The highest BCUT2D eigenvalue weighted by atomic mass is 16.3. The van der Waals surface area contributed by atoms with Crippen LogP contribution in [0, 0.1) is 0 Å². The van der Waals surface area contributed by atoms with Crippen LogP contribution in [0.25, 0.3) is 16.7 Å². The molecule has 4 rings (SSSR count). The van der Waals surface area contributed by atoms with Crippen molar-refractivity contribution in [1.29, 1.82) is 0 Å². The molecule has 0 aliphatic heterocycles. The number of nitrogens with two attached hydrogens (primary N) is 1. The summed E-state index contributed by atoms with van der Waals surface area (Å²) >= 11 is 0. The topological polar surface area (TPSA) is 52.0 Å². The van der Waals surface area contributed by atoms with Gasteiger partial charge in [0.2, 0.25) is 0 Å². The van der Waals surface area contributed by atoms with Crippen molar-refractivity contribution in [2.45, 2.75) is 38.5 Å². The van der Waals surface area contributed by atoms with E-state index >= 15 is 0 Å². The van der Waals surface area contributed by atoms with Crippen LogP contribution in [0.4, 0.5) is 0 Å². The van der Waals surface area contributed by atoms with Crippen LogP contribution in [0.3, 0.4) is 0 Å². The van der Waals surface area contributed by atoms with Gasteiger partial charge in [0.1, 0.15) is 5.52 Å². The minimum atomic E-state index is 0.575. The molecule has 0 saturated carbocycles. The van der Waals surface area contributed by atoms with Gasteiger partial charge in [-0.3, -0.25) is 0 Å². The first-order chi connectivity index (χ1) is 12.3. The molecule has 3 nitrogen and oxygen atoms in total. The van der Waals surface area contributed by atoms with E-state index in [1.54, 1.807) is 0 Å². The molecule has 3 aromatic rings. The summed E-state index contributed by atoms with van der Waals surface area (Å²) in [7, 11) is 0. The third kappa shape index (κ3) is 3.38. The highest BCUT2D eigenvalue weighted by Gasteiger charge is 2.22. The van der Waals surface area contributed by atoms with Crippen molar-refractivity contribution < 1.29 is 4.42 Å². The predicted molar refractivity (Wildman–Crippen MR) is 102 cm³/mol. The lowest BCUT2D eigenvalue weighted by Crippen LogP contribution is -1.94. The van der Waals surface area contributed by atoms with Gasteiger partial charge in [0, 0.05) is 18.5 Å². The lowest BCUT2D eigenvalue weighted by atomic mass is 10.1. The molecule has 3 heteroatoms. The number of hydrogen-bond acceptors (Lipinski definition) is 3. The molecular formula is C22H24N2O. The van der Waals surface area contributed by atoms with Crippen LogP contribution in [-0.2, 0) is 19.3 Å². The van der Waals surface area contributed by atoms with E-state index < -0.39 is 0 Å². The van der Waals surface area contributed by atoms with Gasteiger partial charge < -0.3 is 10.2 Å². The Bertz CT molecular complexity index is 893. The van der Waals surface area contributed by atoms with Crippen LogP contribution in [0.1, 0.15) is 41.8 Å². The lowest BCUT2D eigenvalue weighted by molar-refractivity contribution is 0.513. The third-order valence-electron chi connectivity index (χ3n) is 4.99. The van der Waals surface area contributed by atoms with E-state index in [2.05, 4.69) is 48.5 Å². The molecule has 0 saturated heterocycles. The smallest absolute Gasteiger partial charge is 0.195 e. The summed E-state index contributed by atoms with van der Waals surface area (Å²) in [6.45, 7) is 0.575. The molecule has 0 unspecified atom stereocenters. The van der Waals surface area contributed by atoms with Crippen molar-refractivity contribution in [2.24, 2.45) is 5.73 Å². The highest BCUT2D eigenvalue weighted by molar-refractivity contribution is 5.91. The maximum Gasteiger partial charge on any atom is 0.195 e. The number of aromatic nitrogens is 1. The Morgan fingerprint density at radius 1 is 1.00 bits per heavy atom. The largest absolute Gasteiger partial charge is 0.440 e. The van der Waals surface area contributed by atoms with Crippen molar-refractivity contribution in [3.05, 3.63) is 71.1 Å². The molecule has 1 aromatic heterocycles. The molecule has 0 atom stereocenters. The summed E-state index contributed by atoms with van der Waals surface area (Å²) < 4.78 is 6.15. The average Bonchev–Trinajstić information content (AvgIpc) is 3.23. The molecule has 0 radical (unpaired) electrons. The number of hydrogen-bond donors (Lipinski definition) is 1. The maximum atomic E-state index is 6.15. The molecule has 1 heterocycles. The van der Waals surface area contributed by atoms with Crippen LogP contribution in [-0.4, -0.2) is 11.5 Å². The number of oxazole rings is 1. The predicted octanol–water partition coefficient (Wildman–Crippen LogP) is 4.68. The Morgan fingerprint density at radius 2 is 1.84 bits per heavy atom. The van der Waals surface area contributed by atoms with E-state index in [0.717, 1.165) is 55.5 Å². The second-order valence-electron chi connectivity index (χ2n) is 6.71. The summed E-state index contributed by atoms with van der Waals surface area (Å²) in [5, 5.41) is 0. The molecule has 0 bridgehead atoms. The van der Waals surface area contributed by atoms with Crippen molar-refractivity contribution in [3.8, 4) is 0 Å². The van der Waals surface area contributed by atoms with Gasteiger partial charge in [0.05, 0.1) is 0 Å². The number of nitrogens with zero attached hydrogens (tertiary/aromatic N) is 1. The number of aryl methyl sites for hydroxylation is 3. The summed E-state index contributed by atoms with van der Waals surface area (Å²) in [4.78, 5) is 4.70. The van der Waals surface area contributed by atoms with Gasteiger partial charge in [-0.1, -0.05) is 42.5 Å². The minimum Gasteiger partial charge on any atom is -0.440 e. The Labute approximate surface area is 148 Å². The Kier molecular flexibility index (Phi) is 4.66. The fourth-order valence-electron chi connectivity index (χ4n) is 3.74. The number of unbranched alkanes of at least 4 members (excludes halogenated alkanes) is 1. The molecule has 25 heavy (non-hydrogen) atoms. The van der Waals surface area contributed by atoms with Crippen LogP contribution in [0.5, 0.6) is 0 Å². The van der Waals surface area contributed by atoms with Crippen LogP contribution >= 0.6 is 0 Å². The summed E-state index contributed by atoms with van der Waals surface area (Å²) in [6.07, 6.45) is 8.50. The quantitative estimate of drug-likeness (QED) is 0.667. The van der Waals surface area contributed by atoms with Gasteiger partial charge >= 0.3 is 0 Å². The van der Waals surface area contributed by atoms with E-state index in [1.165, 1.54) is 22.3 Å². The first-order valence-electron chi connectivity index (χ1n) is 9.20. The maximum absolute atomic E-state index is 6.15. The highest BCUT2D eigenvalue weighted by Crippen LogP contribution is 2.37. The second-order valence-corrected chi connectivity index (χ2v) is 6.71. The molecule has 1 aliphatic rings. The summed E-state index contributed by atoms with van der Waals surface area (Å²) in [6, 6.07) is 14.9. The van der Waals surface area contributed by atoms with Crippen LogP contribution in [0.15, 0.2) is 53.0 Å². The fraction of sp³-hybridized carbons (Fsp3) is 0.318. The molecule has 128 valence electrons. The van der Waals surface area contributed by atoms with Crippen LogP contribution < -0.4 is 5.73 Å². The zero-order chi connectivity index (χ0) is 17.1. The number of benzene rings is 2. The van der Waals surface area contributed by atoms with Gasteiger partial charge in [-0.15, -0.1) is 0 Å². The molecule has 2 N–H and O–H groups in total. The second kappa shape index (κ2) is 7.24. The summed E-state index contributed by atoms with van der Waals surface area (Å²) in [5.74, 6) is 0.857. The SMILES string of the molecule is NC/C=C1\CCc2ccc3nc(CCCCc4ccccc4)oc3c21. The zero-order valence-electron chi connectivity index (χ0n) is 14.5. The first-order valence-corrected chi connectivity index (χ1v) is 9.20. The molecule has 0 amide bonds. The van der Waals surface area contributed by atoms with E-state index in [0.29, 0.717) is 6.54 Å². The van der Waals surface area contributed by atoms with Gasteiger partial charge in [-0.25, -0.2) is 4.98 Å². The van der Waals surface area contributed by atoms with E-state index in [4.69, 9.17) is 15.1 Å². The Hall–Kier alpha value is -2.39. The number of allylic oxidation sites excluding steroid dienone is 1. The fourth-order valence-corrected chi connectivity index (χ4v) is 3.74. The number of rotatable bonds is 6. The average molecular weight is 332 g/mol. The molecule has 0 fully saturated rings. The normalized spacial score (nSPS) is 15.2. The van der Waals surface area contributed by atoms with Crippen molar-refractivity contribution in [1.82, 2.24) is 4.98 Å². The monoisotopic (exact) mass is 332 g/mol. The zero-order valence-corrected chi connectivity index (χ0v) is 14.5. The molecular weight excluding hydrogens is 308 g/mol. The Balaban J connectivity index is 1.47. The Morgan fingerprint density at radius 3 is 2.68 bits per heavy atom. The van der Waals surface area contributed by atoms with Gasteiger partial charge in [0.25, 0.3) is 0 Å². The minimum absolute atomic E-state index is 0.575. The van der Waals surface area contributed by atoms with Crippen molar-refractivity contribution in [3.63, 3.8) is 0 Å².